The molecule has 0 bridgehead atoms. The van der Waals surface area contributed by atoms with Crippen LogP contribution in [-0.2, 0) is 14.8 Å². The Labute approximate surface area is 118 Å². The summed E-state index contributed by atoms with van der Waals surface area (Å²) in [7, 11) is -3.36. The first-order chi connectivity index (χ1) is 9.35. The van der Waals surface area contributed by atoms with Gasteiger partial charge in [-0.3, -0.25) is 4.79 Å². The molecule has 0 spiro atoms. The molecule has 0 aromatic heterocycles. The molecule has 0 aliphatic heterocycles. The number of hydrogen-bond acceptors (Lipinski definition) is 4. The summed E-state index contributed by atoms with van der Waals surface area (Å²) in [4.78, 5) is 23.9. The van der Waals surface area contributed by atoms with Crippen molar-refractivity contribution in [3.8, 4) is 0 Å². The molecular formula is C11H21N3O5S. The first-order valence-corrected chi connectivity index (χ1v) is 8.24. The van der Waals surface area contributed by atoms with Gasteiger partial charge in [-0.15, -0.1) is 0 Å². The van der Waals surface area contributed by atoms with Gasteiger partial charge in [-0.2, -0.15) is 0 Å². The minimum atomic E-state index is -3.36. The maximum Gasteiger partial charge on any atom is 0.317 e. The summed E-state index contributed by atoms with van der Waals surface area (Å²) in [6.07, 6.45) is 1.62. The first-order valence-electron chi connectivity index (χ1n) is 6.59. The molecule has 0 unspecified atom stereocenters. The van der Waals surface area contributed by atoms with Gasteiger partial charge in [0, 0.05) is 25.7 Å². The molecule has 0 aromatic rings. The van der Waals surface area contributed by atoms with Crippen LogP contribution >= 0.6 is 0 Å². The monoisotopic (exact) mass is 307 g/mol. The molecule has 0 heterocycles. The summed E-state index contributed by atoms with van der Waals surface area (Å²) in [6.45, 7) is 2.14. The van der Waals surface area contributed by atoms with Crippen molar-refractivity contribution in [3.05, 3.63) is 0 Å². The van der Waals surface area contributed by atoms with E-state index in [0.29, 0.717) is 6.54 Å². The molecule has 116 valence electrons. The third kappa shape index (κ3) is 6.20. The second-order valence-corrected chi connectivity index (χ2v) is 6.54. The van der Waals surface area contributed by atoms with Crippen LogP contribution in [0.3, 0.4) is 0 Å². The van der Waals surface area contributed by atoms with Crippen molar-refractivity contribution in [2.75, 3.05) is 25.4 Å². The zero-order chi connectivity index (χ0) is 15.2. The Morgan fingerprint density at radius 2 is 2.00 bits per heavy atom. The minimum absolute atomic E-state index is 0.00442. The summed E-state index contributed by atoms with van der Waals surface area (Å²) < 4.78 is 25.1. The van der Waals surface area contributed by atoms with Crippen LogP contribution in [0.4, 0.5) is 4.79 Å². The van der Waals surface area contributed by atoms with Gasteiger partial charge in [0.15, 0.2) is 0 Å². The zero-order valence-electron chi connectivity index (χ0n) is 11.5. The topological polar surface area (TPSA) is 116 Å². The van der Waals surface area contributed by atoms with Crippen LogP contribution in [0.5, 0.6) is 0 Å². The predicted molar refractivity (Wildman–Crippen MR) is 72.8 cm³/mol. The van der Waals surface area contributed by atoms with E-state index in [0.717, 1.165) is 12.8 Å². The summed E-state index contributed by atoms with van der Waals surface area (Å²) in [6, 6.07) is -0.319. The highest BCUT2D eigenvalue weighted by Crippen LogP contribution is 2.26. The fourth-order valence-electron chi connectivity index (χ4n) is 1.74. The maximum atomic E-state index is 11.9. The SMILES string of the molecule is CCNS(=O)(=O)CCNC(=O)N(CCC(=O)O)C1CC1. The molecule has 20 heavy (non-hydrogen) atoms. The lowest BCUT2D eigenvalue weighted by atomic mass is 10.4. The van der Waals surface area contributed by atoms with Crippen molar-refractivity contribution < 1.29 is 23.1 Å². The number of carbonyl (C=O) groups is 2. The fraction of sp³-hybridized carbons (Fsp3) is 0.818. The lowest BCUT2D eigenvalue weighted by Gasteiger charge is -2.22. The molecule has 1 fully saturated rings. The largest absolute Gasteiger partial charge is 0.481 e. The van der Waals surface area contributed by atoms with Crippen molar-refractivity contribution >= 4 is 22.0 Å². The number of urea groups is 1. The van der Waals surface area contributed by atoms with Gasteiger partial charge < -0.3 is 15.3 Å². The van der Waals surface area contributed by atoms with E-state index in [1.165, 1.54) is 4.90 Å². The lowest BCUT2D eigenvalue weighted by molar-refractivity contribution is -0.137. The Morgan fingerprint density at radius 1 is 1.35 bits per heavy atom. The molecule has 1 rings (SSSR count). The van der Waals surface area contributed by atoms with Crippen LogP contribution in [0.25, 0.3) is 0 Å². The van der Waals surface area contributed by atoms with Crippen molar-refractivity contribution in [2.24, 2.45) is 0 Å². The standard InChI is InChI=1S/C11H21N3O5S/c1-2-13-20(18,19)8-6-12-11(17)14(9-3-4-9)7-5-10(15)16/h9,13H,2-8H2,1H3,(H,12,17)(H,15,16). The third-order valence-corrected chi connectivity index (χ3v) is 4.30. The van der Waals surface area contributed by atoms with E-state index in [4.69, 9.17) is 5.11 Å². The lowest BCUT2D eigenvalue weighted by Crippen LogP contribution is -2.44. The van der Waals surface area contributed by atoms with Crippen molar-refractivity contribution in [2.45, 2.75) is 32.2 Å². The van der Waals surface area contributed by atoms with E-state index in [2.05, 4.69) is 10.0 Å². The molecule has 1 saturated carbocycles. The highest BCUT2D eigenvalue weighted by molar-refractivity contribution is 7.89. The van der Waals surface area contributed by atoms with E-state index in [1.807, 2.05) is 0 Å². The Bertz CT molecular complexity index is 447. The van der Waals surface area contributed by atoms with Gasteiger partial charge in [0.25, 0.3) is 0 Å². The Kier molecular flexibility index (Phi) is 6.21. The van der Waals surface area contributed by atoms with E-state index in [-0.39, 0.29) is 31.3 Å². The molecule has 0 aromatic carbocycles. The second kappa shape index (κ2) is 7.44. The molecule has 0 atom stereocenters. The summed E-state index contributed by atoms with van der Waals surface area (Å²) >= 11 is 0. The van der Waals surface area contributed by atoms with E-state index < -0.39 is 22.0 Å². The number of sulfonamides is 1. The smallest absolute Gasteiger partial charge is 0.317 e. The average molecular weight is 307 g/mol. The van der Waals surface area contributed by atoms with E-state index >= 15 is 0 Å². The molecule has 3 N–H and O–H groups in total. The van der Waals surface area contributed by atoms with Crippen molar-refractivity contribution in [3.63, 3.8) is 0 Å². The molecule has 2 amide bonds. The van der Waals surface area contributed by atoms with Crippen molar-refractivity contribution in [1.82, 2.24) is 14.9 Å². The van der Waals surface area contributed by atoms with Gasteiger partial charge in [0.2, 0.25) is 10.0 Å². The number of carboxylic acid groups (broad SMARTS) is 1. The zero-order valence-corrected chi connectivity index (χ0v) is 12.3. The maximum absolute atomic E-state index is 11.9. The third-order valence-electron chi connectivity index (χ3n) is 2.83. The number of aliphatic carboxylic acids is 1. The summed E-state index contributed by atoms with van der Waals surface area (Å²) in [5.74, 6) is -1.15. The molecule has 1 aliphatic rings. The van der Waals surface area contributed by atoms with E-state index in [9.17, 15) is 18.0 Å². The van der Waals surface area contributed by atoms with Gasteiger partial charge in [0.1, 0.15) is 0 Å². The Morgan fingerprint density at radius 3 is 2.50 bits per heavy atom. The van der Waals surface area contributed by atoms with Crippen LogP contribution in [0.2, 0.25) is 0 Å². The van der Waals surface area contributed by atoms with Crippen LogP contribution in [0.1, 0.15) is 26.2 Å². The first kappa shape index (κ1) is 16.7. The highest BCUT2D eigenvalue weighted by Gasteiger charge is 2.32. The second-order valence-electron chi connectivity index (χ2n) is 4.62. The molecule has 8 nitrogen and oxygen atoms in total. The number of nitrogens with one attached hydrogen (secondary N) is 2. The number of carboxylic acids is 1. The predicted octanol–water partition coefficient (Wildman–Crippen LogP) is -0.426. The fourth-order valence-corrected chi connectivity index (χ4v) is 2.69. The quantitative estimate of drug-likeness (QED) is 0.535. The summed E-state index contributed by atoms with van der Waals surface area (Å²) in [5, 5.41) is 11.2. The number of hydrogen-bond donors (Lipinski definition) is 3. The molecule has 9 heteroatoms. The Hall–Kier alpha value is -1.35. The highest BCUT2D eigenvalue weighted by atomic mass is 32.2. The van der Waals surface area contributed by atoms with Gasteiger partial charge in [0.05, 0.1) is 12.2 Å². The average Bonchev–Trinajstić information content (AvgIpc) is 3.12. The van der Waals surface area contributed by atoms with Gasteiger partial charge in [-0.1, -0.05) is 6.92 Å². The number of amides is 2. The van der Waals surface area contributed by atoms with Gasteiger partial charge in [-0.05, 0) is 12.8 Å². The number of rotatable bonds is 9. The van der Waals surface area contributed by atoms with Gasteiger partial charge in [-0.25, -0.2) is 17.9 Å². The van der Waals surface area contributed by atoms with Crippen LogP contribution in [0.15, 0.2) is 0 Å². The molecule has 0 radical (unpaired) electrons. The molecule has 0 saturated heterocycles. The van der Waals surface area contributed by atoms with Crippen LogP contribution < -0.4 is 10.0 Å². The van der Waals surface area contributed by atoms with Gasteiger partial charge >= 0.3 is 12.0 Å². The van der Waals surface area contributed by atoms with E-state index in [1.54, 1.807) is 6.92 Å². The summed E-state index contributed by atoms with van der Waals surface area (Å²) in [5.41, 5.74) is 0. The van der Waals surface area contributed by atoms with Crippen LogP contribution in [-0.4, -0.2) is 61.9 Å². The minimum Gasteiger partial charge on any atom is -0.481 e. The number of nitrogens with zero attached hydrogens (tertiary/aromatic N) is 1. The molecular weight excluding hydrogens is 286 g/mol. The van der Waals surface area contributed by atoms with Crippen molar-refractivity contribution in [1.29, 1.82) is 0 Å². The number of carbonyl (C=O) groups excluding carboxylic acids is 1. The van der Waals surface area contributed by atoms with Crippen LogP contribution in [0, 0.1) is 0 Å². The normalized spacial score (nSPS) is 14.8. The Balaban J connectivity index is 2.37. The molecule has 1 aliphatic carbocycles.